The highest BCUT2D eigenvalue weighted by Gasteiger charge is 2.62. The second kappa shape index (κ2) is 46.2. The molecule has 5 aromatic rings. The highest BCUT2D eigenvalue weighted by atomic mass is 35.5. The Morgan fingerprint density at radius 3 is 1.23 bits per heavy atom. The van der Waals surface area contributed by atoms with Crippen molar-refractivity contribution in [3.63, 3.8) is 0 Å². The van der Waals surface area contributed by atoms with Crippen LogP contribution in [0, 0.1) is 40.9 Å². The summed E-state index contributed by atoms with van der Waals surface area (Å²) in [6, 6.07) is 8.52. The first kappa shape index (κ1) is 120. The fraction of sp³-hybridized carbons (Fsp3) is 0.755. The van der Waals surface area contributed by atoms with E-state index in [4.69, 9.17) is 78.7 Å². The summed E-state index contributed by atoms with van der Waals surface area (Å²) in [5, 5.41) is 46.3. The number of amides is 4. The van der Waals surface area contributed by atoms with Gasteiger partial charge in [0, 0.05) is 186 Å². The summed E-state index contributed by atoms with van der Waals surface area (Å²) < 4.78 is 170. The van der Waals surface area contributed by atoms with Gasteiger partial charge >= 0.3 is 56.9 Å². The molecule has 10 heterocycles. The van der Waals surface area contributed by atoms with Gasteiger partial charge in [-0.15, -0.1) is 8.42 Å². The largest absolute Gasteiger partial charge is 0.594 e. The molecule has 4 amide bonds. The number of rotatable bonds is 16. The lowest BCUT2D eigenvalue weighted by molar-refractivity contribution is -0.511. The van der Waals surface area contributed by atoms with Gasteiger partial charge in [0.2, 0.25) is 0 Å². The fourth-order valence-corrected chi connectivity index (χ4v) is 28.4. The van der Waals surface area contributed by atoms with Crippen LogP contribution >= 0.6 is 34.8 Å². The zero-order chi connectivity index (χ0) is 111. The Hall–Kier alpha value is -8.34. The van der Waals surface area contributed by atoms with Crippen molar-refractivity contribution in [3.8, 4) is 0 Å². The molecule has 9 saturated carbocycles. The molecule has 42 nitrogen and oxygen atoms in total. The third-order valence-corrected chi connectivity index (χ3v) is 35.1. The summed E-state index contributed by atoms with van der Waals surface area (Å²) in [4.78, 5) is 85.3. The maximum atomic E-state index is 13.1. The first-order chi connectivity index (χ1) is 69.2. The number of pyridine rings is 1. The number of aliphatic carboxylic acids is 1. The molecule has 52 heteroatoms. The number of aromatic nitrogens is 7. The molecule has 5 spiro atoms. The Kier molecular flexibility index (Phi) is 37.1. The number of nitrogens with zero attached hydrogens (tertiary/aromatic N) is 16. The number of ether oxygens (including phenoxy) is 5. The van der Waals surface area contributed by atoms with Crippen LogP contribution in [0.1, 0.15) is 282 Å². The molecule has 5 aliphatic heterocycles. The summed E-state index contributed by atoms with van der Waals surface area (Å²) in [7, 11) is -11.7. The number of carboxylic acid groups (broad SMARTS) is 1. The number of ketones is 1. The topological polar surface area (TPSA) is 519 Å². The highest BCUT2D eigenvalue weighted by Crippen LogP contribution is 2.56. The molecule has 0 aromatic carbocycles. The number of anilines is 2. The number of carbonyl (C=O) groups is 6. The van der Waals surface area contributed by atoms with Crippen LogP contribution in [0.2, 0.25) is 15.5 Å². The van der Waals surface area contributed by atoms with Crippen molar-refractivity contribution in [3.05, 3.63) is 75.9 Å². The SMILES string of the molecule is CC(C)(C)OC(=O)N1CC2(CC(=O)C2)C1.CC(C)(C)OC(=O)N1CC2(CC(NC3CCCC3)C2)C1.CC(C)(C)OC(=O)NS(=O)(=O)N(C1CCCC1)C1CC2(C1)CN(C(=O)OC(C)(C)C)C2.CN(C)c1cc[n+](S(=O)(=O)N=C([O-])OC(C)(C)C)cc1.Cc1cc(Cl)n2ncnc(Cl)c12.Cc1cc(Cl)n2ncnc(N3CC4(CC(N(C5CCCC5)S(N)(=O)=O)C4)C3)c12.NS(=O)(=O)N(C1CCCC1)C1CC2(CNC2)C1.O=C(O)C(F)(F)F. The van der Waals surface area contributed by atoms with Gasteiger partial charge in [0.1, 0.15) is 62.2 Å². The van der Waals surface area contributed by atoms with Gasteiger partial charge in [0.25, 0.3) is 20.4 Å². The smallest absolute Gasteiger partial charge is 0.493 e. The normalized spacial score (nSPS) is 22.0. The molecule has 0 unspecified atom stereocenters. The van der Waals surface area contributed by atoms with Crippen molar-refractivity contribution >= 4 is 140 Å². The molecule has 14 fully saturated rings. The van der Waals surface area contributed by atoms with Crippen LogP contribution in [0.4, 0.5) is 43.9 Å². The first-order valence-corrected chi connectivity index (χ1v) is 58.3. The van der Waals surface area contributed by atoms with Gasteiger partial charge in [-0.1, -0.05) is 115 Å². The van der Waals surface area contributed by atoms with E-state index in [9.17, 15) is 75.9 Å². The number of halogens is 6. The molecule has 8 N–H and O–H groups in total. The fourth-order valence-electron chi connectivity index (χ4n) is 22.9. The van der Waals surface area contributed by atoms with Crippen molar-refractivity contribution in [2.45, 2.75) is 367 Å². The Morgan fingerprint density at radius 1 is 0.507 bits per heavy atom. The monoisotopic (exact) mass is 2250 g/mol. The third-order valence-electron chi connectivity index (χ3n) is 29.1. The maximum Gasteiger partial charge on any atom is 0.493 e. The number of hydrogen-bond acceptors (Lipinski definition) is 28. The van der Waals surface area contributed by atoms with E-state index in [-0.39, 0.29) is 76.4 Å². The van der Waals surface area contributed by atoms with Crippen molar-refractivity contribution in [2.24, 2.45) is 41.8 Å². The second-order valence-corrected chi connectivity index (χ2v) is 55.5. The van der Waals surface area contributed by atoms with Crippen LogP contribution in [-0.2, 0) is 74.1 Å². The van der Waals surface area contributed by atoms with Gasteiger partial charge in [-0.3, -0.25) is 4.79 Å². The second-order valence-electron chi connectivity index (χ2n) is 48.4. The number of nitrogens with two attached hydrogens (primary N) is 2. The summed E-state index contributed by atoms with van der Waals surface area (Å²) in [5.74, 6) is -1.54. The molecule has 150 heavy (non-hydrogen) atoms. The summed E-state index contributed by atoms with van der Waals surface area (Å²) >= 11 is 18.0. The highest BCUT2D eigenvalue weighted by molar-refractivity contribution is 7.88. The lowest BCUT2D eigenvalue weighted by Gasteiger charge is -2.61. The Balaban J connectivity index is 0.000000156. The summed E-state index contributed by atoms with van der Waals surface area (Å²) in [6.07, 6.45) is 23.8. The number of hydrogen-bond donors (Lipinski definition) is 6. The van der Waals surface area contributed by atoms with Gasteiger partial charge in [-0.05, 0) is 228 Å². The minimum atomic E-state index is -5.08. The standard InChI is InChI=1S/C21H37N3O6S.C18H25ClN6O2S.C16H28N2O2.C12H19N3O4S.C11H21N3O2S.C11H17NO3.C7H5Cl2N3.C2HF3O2/c1-19(2,3)29-17(25)22-31(27,28)24(15-9-7-8-10-15)16-11-21(12-16)13-23(14-21)18(26)30-20(4,5)6;1-12-6-15(19)24-16(12)17(21-11-22-24)23-9-18(10-23)7-14(8-18)25(28(20,26)27)13-4-2-3-5-13;1-15(2,3)20-14(19)18-10-16(11-18)8-13(9-16)17-12-6-4-5-7-12;1-12(2,3)19-11(16)13-20(17,18)15-8-6-10(7-9-15)14(4)5;12-17(15,16)14(9-3-1-2-4-9)10-5-11(6-10)7-13-8-11;1-10(2,3)15-9(14)12-6-11(7-12)4-8(13)5-11;1-4-2-5(8)12-6(4)7(9)10-3-11-12;3-2(4,5)1(6)7/h15-16H,7-14H2,1-6H3,(H,22,25);6,11,13-14H,2-5,7-10H2,1H3,(H2,20,26,27);12-13,17H,4-11H2,1-3H3;6-9H,1-5H3;9-10,13H,1-8H2,(H2,12,15,16);4-7H2,1-3H3;2-3H,1H3;(H,6,7). The van der Waals surface area contributed by atoms with Crippen LogP contribution in [0.15, 0.2) is 53.7 Å². The Labute approximate surface area is 894 Å². The van der Waals surface area contributed by atoms with Crippen molar-refractivity contribution < 1.29 is 113 Å². The third kappa shape index (κ3) is 31.4. The first-order valence-electron chi connectivity index (χ1n) is 51.3. The lowest BCUT2D eigenvalue weighted by atomic mass is 9.60. The van der Waals surface area contributed by atoms with Crippen LogP contribution < -0.4 is 44.5 Å². The van der Waals surface area contributed by atoms with Crippen LogP contribution in [-0.4, -0.2) is 300 Å². The predicted octanol–water partition coefficient (Wildman–Crippen LogP) is 12.8. The maximum absolute atomic E-state index is 13.1. The molecule has 842 valence electrons. The lowest BCUT2D eigenvalue weighted by Crippen LogP contribution is -2.69. The van der Waals surface area contributed by atoms with Crippen LogP contribution in [0.3, 0.4) is 0 Å². The minimum absolute atomic E-state index is 0.0372. The molecule has 5 aromatic heterocycles. The van der Waals surface area contributed by atoms with E-state index >= 15 is 0 Å². The van der Waals surface area contributed by atoms with Crippen molar-refractivity contribution in [1.29, 1.82) is 0 Å². The number of carboxylic acids is 1. The average Bonchev–Trinajstić information content (AvgIpc) is 1.24. The quantitative estimate of drug-likeness (QED) is 0.0231. The Bertz CT molecular complexity index is 6100. The molecule has 5 saturated heterocycles. The van der Waals surface area contributed by atoms with E-state index in [1.165, 1.54) is 67.9 Å². The number of alkyl halides is 3. The van der Waals surface area contributed by atoms with E-state index < -0.39 is 87.6 Å². The van der Waals surface area contributed by atoms with Crippen molar-refractivity contribution in [1.82, 2.24) is 72.2 Å². The molecule has 9 aliphatic carbocycles. The minimum Gasteiger partial charge on any atom is -0.594 e. The summed E-state index contributed by atoms with van der Waals surface area (Å²) in [5.41, 5.74) is 2.66. The summed E-state index contributed by atoms with van der Waals surface area (Å²) in [6.45, 7) is 38.9. The van der Waals surface area contributed by atoms with E-state index in [1.54, 1.807) is 87.2 Å². The molecular weight excluding hydrogens is 2100 g/mol. The number of aryl methyl sites for hydroxylation is 2. The van der Waals surface area contributed by atoms with Crippen LogP contribution in [0.5, 0.6) is 0 Å². The number of Topliss-reactive ketones (excluding diaryl/α,β-unsaturated/α-hetero) is 1. The van der Waals surface area contributed by atoms with Gasteiger partial charge in [-0.2, -0.15) is 61.5 Å². The van der Waals surface area contributed by atoms with Crippen LogP contribution in [0.25, 0.3) is 11.0 Å². The predicted molar refractivity (Wildman–Crippen MR) is 557 cm³/mol. The number of carbonyl (C=O) groups excluding carboxylic acids is 5. The van der Waals surface area contributed by atoms with E-state index in [0.717, 1.165) is 186 Å². The van der Waals surface area contributed by atoms with E-state index in [2.05, 4.69) is 44.8 Å². The zero-order valence-electron chi connectivity index (χ0n) is 89.5. The Morgan fingerprint density at radius 2 is 0.860 bits per heavy atom. The van der Waals surface area contributed by atoms with Gasteiger partial charge in [-0.25, -0.2) is 58.0 Å². The molecule has 0 atom stereocenters. The van der Waals surface area contributed by atoms with E-state index in [0.29, 0.717) is 90.0 Å². The number of nitrogens with one attached hydrogen (secondary N) is 3. The number of fused-ring (bicyclic) bond motifs is 2. The van der Waals surface area contributed by atoms with Gasteiger partial charge < -0.3 is 69.0 Å². The van der Waals surface area contributed by atoms with Gasteiger partial charge in [0.05, 0.1) is 0 Å². The van der Waals surface area contributed by atoms with E-state index in [1.807, 2.05) is 106 Å². The average molecular weight is 2250 g/mol. The molecule has 19 rings (SSSR count). The zero-order valence-corrected chi connectivity index (χ0v) is 95.1. The number of likely N-dealkylation sites (tertiary alicyclic amines) is 3. The van der Waals surface area contributed by atoms with Gasteiger partial charge in [0.15, 0.2) is 29.4 Å². The molecular formula is C98H153Cl3F3N21O21S4. The molecule has 0 radical (unpaired) electrons. The molecule has 0 bridgehead atoms. The van der Waals surface area contributed by atoms with Crippen molar-refractivity contribution in [2.75, 3.05) is 89.3 Å². The molecule has 14 aliphatic rings.